The number of carboxylic acids is 1. The molecule has 0 aliphatic rings. The van der Waals surface area contributed by atoms with Gasteiger partial charge >= 0.3 is 5.97 Å². The van der Waals surface area contributed by atoms with E-state index >= 15 is 0 Å². The summed E-state index contributed by atoms with van der Waals surface area (Å²) < 4.78 is 0.863. The van der Waals surface area contributed by atoms with E-state index in [4.69, 9.17) is 0 Å². The maximum Gasteiger partial charge on any atom is 0.330 e. The van der Waals surface area contributed by atoms with Gasteiger partial charge in [-0.2, -0.15) is 0 Å². The largest absolute Gasteiger partial charge is 0.479 e. The van der Waals surface area contributed by atoms with Gasteiger partial charge in [-0.05, 0) is 36.8 Å². The Bertz CT molecular complexity index is 581. The molecule has 0 spiro atoms. The lowest BCUT2D eigenvalue weighted by molar-refractivity contribution is -0.138. The predicted molar refractivity (Wildman–Crippen MR) is 79.3 cm³/mol. The summed E-state index contributed by atoms with van der Waals surface area (Å²) in [5.74, 6) is -0.904. The fourth-order valence-corrected chi connectivity index (χ4v) is 2.21. The van der Waals surface area contributed by atoms with Gasteiger partial charge in [0.25, 0.3) is 0 Å². The summed E-state index contributed by atoms with van der Waals surface area (Å²) in [6, 6.07) is 14.2. The molecule has 0 aliphatic heterocycles. The van der Waals surface area contributed by atoms with Crippen LogP contribution in [-0.2, 0) is 4.79 Å². The van der Waals surface area contributed by atoms with Gasteiger partial charge in [-0.3, -0.25) is 0 Å². The van der Waals surface area contributed by atoms with Crippen LogP contribution in [-0.4, -0.2) is 11.1 Å². The number of carboxylic acid groups (broad SMARTS) is 1. The lowest BCUT2D eigenvalue weighted by Gasteiger charge is -2.16. The van der Waals surface area contributed by atoms with Gasteiger partial charge in [-0.15, -0.1) is 0 Å². The van der Waals surface area contributed by atoms with E-state index in [2.05, 4.69) is 21.2 Å². The molecule has 2 rings (SSSR count). The maximum atomic E-state index is 11.4. The first-order chi connectivity index (χ1) is 9.06. The summed E-state index contributed by atoms with van der Waals surface area (Å²) in [5, 5.41) is 12.4. The molecule has 2 aromatic rings. The number of rotatable bonds is 4. The van der Waals surface area contributed by atoms with Crippen molar-refractivity contribution in [2.75, 3.05) is 5.32 Å². The Morgan fingerprint density at radius 2 is 1.89 bits per heavy atom. The zero-order chi connectivity index (χ0) is 13.8. The maximum absolute atomic E-state index is 11.4. The van der Waals surface area contributed by atoms with Crippen molar-refractivity contribution < 1.29 is 9.90 Å². The number of aryl methyl sites for hydroxylation is 1. The standard InChI is InChI=1S/C15H14BrNO2/c1-10-5-7-13(8-6-10)17-14(15(18)19)11-3-2-4-12(16)9-11/h2-9,14,17H,1H3,(H,18,19). The minimum Gasteiger partial charge on any atom is -0.479 e. The molecular formula is C15H14BrNO2. The Labute approximate surface area is 120 Å². The topological polar surface area (TPSA) is 49.3 Å². The number of nitrogens with one attached hydrogen (secondary N) is 1. The zero-order valence-corrected chi connectivity index (χ0v) is 12.0. The molecule has 0 amide bonds. The first kappa shape index (κ1) is 13.6. The van der Waals surface area contributed by atoms with Gasteiger partial charge in [0.2, 0.25) is 0 Å². The van der Waals surface area contributed by atoms with Gasteiger partial charge < -0.3 is 10.4 Å². The second-order valence-electron chi connectivity index (χ2n) is 4.34. The molecule has 0 saturated carbocycles. The summed E-state index contributed by atoms with van der Waals surface area (Å²) in [6.07, 6.45) is 0. The van der Waals surface area contributed by atoms with Crippen molar-refractivity contribution in [3.05, 3.63) is 64.1 Å². The lowest BCUT2D eigenvalue weighted by atomic mass is 10.1. The van der Waals surface area contributed by atoms with Crippen LogP contribution in [0.4, 0.5) is 5.69 Å². The first-order valence-corrected chi connectivity index (χ1v) is 6.67. The summed E-state index contributed by atoms with van der Waals surface area (Å²) in [6.45, 7) is 1.99. The number of benzene rings is 2. The molecule has 0 heterocycles. The van der Waals surface area contributed by atoms with E-state index in [1.165, 1.54) is 0 Å². The van der Waals surface area contributed by atoms with E-state index in [0.29, 0.717) is 5.56 Å². The average Bonchev–Trinajstić information content (AvgIpc) is 2.37. The molecule has 0 fully saturated rings. The van der Waals surface area contributed by atoms with Crippen LogP contribution in [0.25, 0.3) is 0 Å². The van der Waals surface area contributed by atoms with Gasteiger partial charge in [0.15, 0.2) is 6.04 Å². The molecule has 0 aromatic heterocycles. The quantitative estimate of drug-likeness (QED) is 0.895. The van der Waals surface area contributed by atoms with Crippen molar-refractivity contribution in [3.63, 3.8) is 0 Å². The average molecular weight is 320 g/mol. The third-order valence-corrected chi connectivity index (χ3v) is 3.28. The van der Waals surface area contributed by atoms with Crippen LogP contribution >= 0.6 is 15.9 Å². The van der Waals surface area contributed by atoms with E-state index in [1.807, 2.05) is 43.3 Å². The number of hydrogen-bond acceptors (Lipinski definition) is 2. The lowest BCUT2D eigenvalue weighted by Crippen LogP contribution is -2.20. The number of carbonyl (C=O) groups is 1. The summed E-state index contributed by atoms with van der Waals surface area (Å²) in [4.78, 5) is 11.4. The smallest absolute Gasteiger partial charge is 0.330 e. The minimum absolute atomic E-state index is 0.711. The van der Waals surface area contributed by atoms with Gasteiger partial charge in [0, 0.05) is 10.2 Å². The molecule has 2 aromatic carbocycles. The highest BCUT2D eigenvalue weighted by molar-refractivity contribution is 9.10. The van der Waals surface area contributed by atoms with E-state index in [9.17, 15) is 9.90 Å². The van der Waals surface area contributed by atoms with Gasteiger partial charge in [-0.1, -0.05) is 45.8 Å². The molecule has 4 heteroatoms. The molecule has 1 unspecified atom stereocenters. The van der Waals surface area contributed by atoms with Crippen LogP contribution in [0, 0.1) is 6.92 Å². The van der Waals surface area contributed by atoms with Crippen LogP contribution in [0.2, 0.25) is 0 Å². The van der Waals surface area contributed by atoms with Gasteiger partial charge in [0.1, 0.15) is 0 Å². The predicted octanol–water partition coefficient (Wildman–Crippen LogP) is 4.00. The monoisotopic (exact) mass is 319 g/mol. The summed E-state index contributed by atoms with van der Waals surface area (Å²) in [7, 11) is 0. The molecule has 0 bridgehead atoms. The SMILES string of the molecule is Cc1ccc(NC(C(=O)O)c2cccc(Br)c2)cc1. The second-order valence-corrected chi connectivity index (χ2v) is 5.25. The van der Waals surface area contributed by atoms with E-state index in [-0.39, 0.29) is 0 Å². The fraction of sp³-hybridized carbons (Fsp3) is 0.133. The van der Waals surface area contributed by atoms with Crippen molar-refractivity contribution in [1.29, 1.82) is 0 Å². The van der Waals surface area contributed by atoms with E-state index in [1.54, 1.807) is 12.1 Å². The molecule has 2 N–H and O–H groups in total. The zero-order valence-electron chi connectivity index (χ0n) is 10.4. The number of anilines is 1. The van der Waals surface area contributed by atoms with Crippen LogP contribution in [0.1, 0.15) is 17.2 Å². The molecule has 1 atom stereocenters. The van der Waals surface area contributed by atoms with Crippen LogP contribution in [0.5, 0.6) is 0 Å². The Morgan fingerprint density at radius 1 is 1.21 bits per heavy atom. The number of hydrogen-bond donors (Lipinski definition) is 2. The molecule has 98 valence electrons. The Morgan fingerprint density at radius 3 is 2.47 bits per heavy atom. The van der Waals surface area contributed by atoms with Crippen LogP contribution in [0.3, 0.4) is 0 Å². The van der Waals surface area contributed by atoms with Crippen molar-refractivity contribution in [2.45, 2.75) is 13.0 Å². The molecule has 0 radical (unpaired) electrons. The van der Waals surface area contributed by atoms with E-state index in [0.717, 1.165) is 15.7 Å². The Balaban J connectivity index is 2.26. The fourth-order valence-electron chi connectivity index (χ4n) is 1.79. The highest BCUT2D eigenvalue weighted by atomic mass is 79.9. The van der Waals surface area contributed by atoms with Gasteiger partial charge in [0.05, 0.1) is 0 Å². The summed E-state index contributed by atoms with van der Waals surface area (Å²) in [5.41, 5.74) is 2.64. The molecular weight excluding hydrogens is 306 g/mol. The van der Waals surface area contributed by atoms with E-state index < -0.39 is 12.0 Å². The molecule has 3 nitrogen and oxygen atoms in total. The van der Waals surface area contributed by atoms with Gasteiger partial charge in [-0.25, -0.2) is 4.79 Å². The first-order valence-electron chi connectivity index (χ1n) is 5.88. The molecule has 19 heavy (non-hydrogen) atoms. The number of halogens is 1. The minimum atomic E-state index is -0.904. The second kappa shape index (κ2) is 5.89. The van der Waals surface area contributed by atoms with Crippen LogP contribution in [0.15, 0.2) is 53.0 Å². The van der Waals surface area contributed by atoms with Crippen molar-refractivity contribution >= 4 is 27.6 Å². The molecule has 0 saturated heterocycles. The van der Waals surface area contributed by atoms with Crippen molar-refractivity contribution in [2.24, 2.45) is 0 Å². The number of aliphatic carboxylic acids is 1. The third-order valence-electron chi connectivity index (χ3n) is 2.79. The Hall–Kier alpha value is -1.81. The highest BCUT2D eigenvalue weighted by Crippen LogP contribution is 2.23. The van der Waals surface area contributed by atoms with Crippen LogP contribution < -0.4 is 5.32 Å². The summed E-state index contributed by atoms with van der Waals surface area (Å²) >= 11 is 3.35. The van der Waals surface area contributed by atoms with Crippen molar-refractivity contribution in [3.8, 4) is 0 Å². The normalized spacial score (nSPS) is 11.9. The Kier molecular flexibility index (Phi) is 4.22. The third kappa shape index (κ3) is 3.58. The highest BCUT2D eigenvalue weighted by Gasteiger charge is 2.19. The molecule has 0 aliphatic carbocycles. The van der Waals surface area contributed by atoms with Crippen molar-refractivity contribution in [1.82, 2.24) is 0 Å².